The second-order valence-electron chi connectivity index (χ2n) is 3.13. The molecule has 78 valence electrons. The smallest absolute Gasteiger partial charge is 0.109 e. The van der Waals surface area contributed by atoms with Gasteiger partial charge in [-0.25, -0.2) is 0 Å². The van der Waals surface area contributed by atoms with Gasteiger partial charge in [-0.05, 0) is 18.2 Å². The number of furan rings is 1. The highest BCUT2D eigenvalue weighted by Crippen LogP contribution is 2.30. The van der Waals surface area contributed by atoms with Crippen molar-refractivity contribution in [2.75, 3.05) is 0 Å². The Morgan fingerprint density at radius 1 is 1.33 bits per heavy atom. The molecule has 0 radical (unpaired) electrons. The minimum absolute atomic E-state index is 0.526. The van der Waals surface area contributed by atoms with Crippen molar-refractivity contribution in [3.8, 4) is 0 Å². The first-order chi connectivity index (χ1) is 7.18. The lowest BCUT2D eigenvalue weighted by Crippen LogP contribution is -1.98. The molecular weight excluding hydrogens is 279 g/mol. The molecule has 1 aromatic carbocycles. The van der Waals surface area contributed by atoms with E-state index in [0.29, 0.717) is 16.1 Å². The second-order valence-corrected chi connectivity index (χ2v) is 4.45. The Kier molecular flexibility index (Phi) is 3.14. The van der Waals surface area contributed by atoms with Gasteiger partial charge in [-0.2, -0.15) is 0 Å². The Bertz CT molecular complexity index is 454. The Labute approximate surface area is 101 Å². The zero-order valence-electron chi connectivity index (χ0n) is 7.65. The molecule has 0 bridgehead atoms. The predicted molar refractivity (Wildman–Crippen MR) is 61.9 cm³/mol. The molecule has 0 fully saturated rings. The van der Waals surface area contributed by atoms with Crippen molar-refractivity contribution in [2.45, 2.75) is 6.10 Å². The summed E-state index contributed by atoms with van der Waals surface area (Å²) in [4.78, 5) is 0. The van der Waals surface area contributed by atoms with Gasteiger partial charge in [-0.15, -0.1) is 0 Å². The normalized spacial score (nSPS) is 12.7. The van der Waals surface area contributed by atoms with Crippen LogP contribution in [-0.4, -0.2) is 5.11 Å². The summed E-state index contributed by atoms with van der Waals surface area (Å²) in [6.45, 7) is 0. The highest BCUT2D eigenvalue weighted by Gasteiger charge is 2.14. The van der Waals surface area contributed by atoms with Crippen molar-refractivity contribution in [3.63, 3.8) is 0 Å². The molecule has 1 atom stereocenters. The van der Waals surface area contributed by atoms with Crippen LogP contribution >= 0.6 is 27.5 Å². The largest absolute Gasteiger partial charge is 0.472 e. The Hall–Kier alpha value is -0.770. The van der Waals surface area contributed by atoms with Crippen molar-refractivity contribution in [1.82, 2.24) is 0 Å². The van der Waals surface area contributed by atoms with E-state index in [2.05, 4.69) is 15.9 Å². The van der Waals surface area contributed by atoms with Crippen LogP contribution in [0.3, 0.4) is 0 Å². The van der Waals surface area contributed by atoms with E-state index in [1.54, 1.807) is 18.2 Å². The minimum Gasteiger partial charge on any atom is -0.472 e. The quantitative estimate of drug-likeness (QED) is 0.912. The van der Waals surface area contributed by atoms with Gasteiger partial charge in [0, 0.05) is 20.6 Å². The van der Waals surface area contributed by atoms with Crippen LogP contribution in [0.2, 0.25) is 5.02 Å². The maximum Gasteiger partial charge on any atom is 0.109 e. The summed E-state index contributed by atoms with van der Waals surface area (Å²) in [5.41, 5.74) is 1.36. The van der Waals surface area contributed by atoms with Gasteiger partial charge in [0.1, 0.15) is 6.10 Å². The summed E-state index contributed by atoms with van der Waals surface area (Å²) in [5, 5.41) is 10.5. The van der Waals surface area contributed by atoms with E-state index in [4.69, 9.17) is 16.0 Å². The molecule has 15 heavy (non-hydrogen) atoms. The summed E-state index contributed by atoms with van der Waals surface area (Å²) in [6, 6.07) is 7.08. The van der Waals surface area contributed by atoms with E-state index in [-0.39, 0.29) is 0 Å². The molecule has 0 aliphatic rings. The van der Waals surface area contributed by atoms with Crippen LogP contribution in [0.25, 0.3) is 0 Å². The topological polar surface area (TPSA) is 33.4 Å². The minimum atomic E-state index is -0.746. The SMILES string of the molecule is OC(c1ccoc1)c1ccc(Br)cc1Cl. The fourth-order valence-electron chi connectivity index (χ4n) is 1.33. The van der Waals surface area contributed by atoms with Crippen LogP contribution in [0.5, 0.6) is 0 Å². The van der Waals surface area contributed by atoms with Gasteiger partial charge in [0.15, 0.2) is 0 Å². The maximum absolute atomic E-state index is 9.99. The van der Waals surface area contributed by atoms with Crippen LogP contribution in [0.4, 0.5) is 0 Å². The molecule has 1 heterocycles. The van der Waals surface area contributed by atoms with Gasteiger partial charge in [0.05, 0.1) is 12.5 Å². The highest BCUT2D eigenvalue weighted by molar-refractivity contribution is 9.10. The third kappa shape index (κ3) is 2.25. The molecule has 2 rings (SSSR count). The fraction of sp³-hybridized carbons (Fsp3) is 0.0909. The second kappa shape index (κ2) is 4.39. The van der Waals surface area contributed by atoms with E-state index < -0.39 is 6.10 Å². The van der Waals surface area contributed by atoms with Crippen LogP contribution in [0, 0.1) is 0 Å². The molecule has 0 spiro atoms. The maximum atomic E-state index is 9.99. The average Bonchev–Trinajstić information content (AvgIpc) is 2.69. The molecular formula is C11H8BrClO2. The molecule has 4 heteroatoms. The standard InChI is InChI=1S/C11H8BrClO2/c12-8-1-2-9(10(13)5-8)11(14)7-3-4-15-6-7/h1-6,11,14H. The van der Waals surface area contributed by atoms with E-state index in [1.165, 1.54) is 12.5 Å². The third-order valence-corrected chi connectivity index (χ3v) is 2.94. The number of hydrogen-bond acceptors (Lipinski definition) is 2. The van der Waals surface area contributed by atoms with Crippen LogP contribution < -0.4 is 0 Å². The molecule has 0 saturated carbocycles. The first kappa shape index (κ1) is 10.7. The lowest BCUT2D eigenvalue weighted by atomic mass is 10.0. The summed E-state index contributed by atoms with van der Waals surface area (Å²) in [5.74, 6) is 0. The third-order valence-electron chi connectivity index (χ3n) is 2.12. The summed E-state index contributed by atoms with van der Waals surface area (Å²) >= 11 is 9.33. The van der Waals surface area contributed by atoms with Crippen molar-refractivity contribution >= 4 is 27.5 Å². The predicted octanol–water partition coefficient (Wildman–Crippen LogP) is 3.78. The Balaban J connectivity index is 2.38. The van der Waals surface area contributed by atoms with Gasteiger partial charge >= 0.3 is 0 Å². The Morgan fingerprint density at radius 3 is 2.73 bits per heavy atom. The molecule has 1 N–H and O–H groups in total. The van der Waals surface area contributed by atoms with Gasteiger partial charge < -0.3 is 9.52 Å². The van der Waals surface area contributed by atoms with Gasteiger partial charge in [-0.1, -0.05) is 33.6 Å². The van der Waals surface area contributed by atoms with E-state index in [1.807, 2.05) is 6.07 Å². The first-order valence-electron chi connectivity index (χ1n) is 4.33. The van der Waals surface area contributed by atoms with Crippen LogP contribution in [0.15, 0.2) is 45.7 Å². The zero-order chi connectivity index (χ0) is 10.8. The van der Waals surface area contributed by atoms with E-state index in [9.17, 15) is 5.11 Å². The summed E-state index contributed by atoms with van der Waals surface area (Å²) in [6.07, 6.45) is 2.28. The van der Waals surface area contributed by atoms with Crippen molar-refractivity contribution in [2.24, 2.45) is 0 Å². The lowest BCUT2D eigenvalue weighted by molar-refractivity contribution is 0.219. The molecule has 0 aliphatic heterocycles. The average molecular weight is 288 g/mol. The number of aliphatic hydroxyl groups excluding tert-OH is 1. The van der Waals surface area contributed by atoms with Crippen LogP contribution in [-0.2, 0) is 0 Å². The van der Waals surface area contributed by atoms with Crippen LogP contribution in [0.1, 0.15) is 17.2 Å². The molecule has 0 saturated heterocycles. The molecule has 1 unspecified atom stereocenters. The van der Waals surface area contributed by atoms with Gasteiger partial charge in [0.2, 0.25) is 0 Å². The molecule has 0 aliphatic carbocycles. The summed E-state index contributed by atoms with van der Waals surface area (Å²) in [7, 11) is 0. The fourth-order valence-corrected chi connectivity index (χ4v) is 2.11. The molecule has 2 nitrogen and oxygen atoms in total. The van der Waals surface area contributed by atoms with E-state index >= 15 is 0 Å². The summed E-state index contributed by atoms with van der Waals surface area (Å²) < 4.78 is 5.79. The monoisotopic (exact) mass is 286 g/mol. The van der Waals surface area contributed by atoms with Crippen molar-refractivity contribution in [1.29, 1.82) is 0 Å². The molecule has 0 amide bonds. The van der Waals surface area contributed by atoms with Crippen molar-refractivity contribution < 1.29 is 9.52 Å². The lowest BCUT2D eigenvalue weighted by Gasteiger charge is -2.10. The van der Waals surface area contributed by atoms with Gasteiger partial charge in [0.25, 0.3) is 0 Å². The number of halogens is 2. The highest BCUT2D eigenvalue weighted by atomic mass is 79.9. The van der Waals surface area contributed by atoms with Crippen molar-refractivity contribution in [3.05, 3.63) is 57.4 Å². The zero-order valence-corrected chi connectivity index (χ0v) is 9.99. The first-order valence-corrected chi connectivity index (χ1v) is 5.50. The molecule has 1 aromatic heterocycles. The van der Waals surface area contributed by atoms with Gasteiger partial charge in [-0.3, -0.25) is 0 Å². The number of hydrogen-bond donors (Lipinski definition) is 1. The Morgan fingerprint density at radius 2 is 2.13 bits per heavy atom. The number of aliphatic hydroxyl groups is 1. The van der Waals surface area contributed by atoms with E-state index in [0.717, 1.165) is 4.47 Å². The number of benzene rings is 1. The number of rotatable bonds is 2. The molecule has 2 aromatic rings.